The molecule has 2 unspecified atom stereocenters. The van der Waals surface area contributed by atoms with Crippen LogP contribution in [-0.2, 0) is 9.53 Å². The fraction of sp³-hybridized carbons (Fsp3) is 0.385. The van der Waals surface area contributed by atoms with E-state index in [4.69, 9.17) is 16.9 Å². The van der Waals surface area contributed by atoms with Crippen LogP contribution in [0.1, 0.15) is 30.6 Å². The number of hydrogen-bond acceptors (Lipinski definition) is 5. The van der Waals surface area contributed by atoms with E-state index in [2.05, 4.69) is 4.74 Å². The fourth-order valence-electron chi connectivity index (χ4n) is 1.55. The van der Waals surface area contributed by atoms with Crippen molar-refractivity contribution in [2.45, 2.75) is 25.6 Å². The van der Waals surface area contributed by atoms with Crippen LogP contribution in [0.4, 0.5) is 0 Å². The highest BCUT2D eigenvalue weighted by atomic mass is 35.5. The van der Waals surface area contributed by atoms with Crippen molar-refractivity contribution in [1.82, 2.24) is 0 Å². The van der Waals surface area contributed by atoms with Crippen LogP contribution in [0.2, 0.25) is 5.02 Å². The van der Waals surface area contributed by atoms with Crippen LogP contribution in [0.15, 0.2) is 18.2 Å². The van der Waals surface area contributed by atoms with Crippen molar-refractivity contribution in [2.75, 3.05) is 6.61 Å². The lowest BCUT2D eigenvalue weighted by Gasteiger charge is -2.18. The number of rotatable bonds is 5. The minimum absolute atomic E-state index is 0.162. The fourth-order valence-corrected chi connectivity index (χ4v) is 1.84. The Kier molecular flexibility index (Phi) is 5.77. The summed E-state index contributed by atoms with van der Waals surface area (Å²) >= 11 is 5.91. The van der Waals surface area contributed by atoms with Crippen molar-refractivity contribution >= 4 is 17.6 Å². The molecule has 0 bridgehead atoms. The molecule has 0 saturated heterocycles. The number of aliphatic hydroxyl groups is 2. The molecule has 19 heavy (non-hydrogen) atoms. The minimum Gasteiger partial charge on any atom is -0.466 e. The lowest BCUT2D eigenvalue weighted by Crippen LogP contribution is -2.23. The quantitative estimate of drug-likeness (QED) is 0.800. The summed E-state index contributed by atoms with van der Waals surface area (Å²) in [5.41, 5.74) is 0.610. The monoisotopic (exact) mass is 283 g/mol. The second kappa shape index (κ2) is 7.10. The molecule has 0 heterocycles. The predicted molar refractivity (Wildman–Crippen MR) is 68.4 cm³/mol. The number of carbonyl (C=O) groups excluding carboxylic acids is 1. The van der Waals surface area contributed by atoms with Crippen molar-refractivity contribution < 1.29 is 19.7 Å². The van der Waals surface area contributed by atoms with Crippen molar-refractivity contribution in [3.05, 3.63) is 34.3 Å². The van der Waals surface area contributed by atoms with E-state index in [1.54, 1.807) is 6.92 Å². The first-order chi connectivity index (χ1) is 8.99. The molecule has 0 aliphatic rings. The average molecular weight is 284 g/mol. The van der Waals surface area contributed by atoms with E-state index in [9.17, 15) is 15.0 Å². The van der Waals surface area contributed by atoms with Crippen LogP contribution in [0.3, 0.4) is 0 Å². The van der Waals surface area contributed by atoms with Gasteiger partial charge in [0.2, 0.25) is 0 Å². The van der Waals surface area contributed by atoms with Gasteiger partial charge in [0.05, 0.1) is 30.8 Å². The Morgan fingerprint density at radius 2 is 2.21 bits per heavy atom. The van der Waals surface area contributed by atoms with Crippen LogP contribution < -0.4 is 0 Å². The van der Waals surface area contributed by atoms with Gasteiger partial charge in [0.15, 0.2) is 0 Å². The van der Waals surface area contributed by atoms with Crippen LogP contribution in [0, 0.1) is 11.3 Å². The zero-order valence-corrected chi connectivity index (χ0v) is 11.1. The number of halogens is 1. The van der Waals surface area contributed by atoms with Crippen molar-refractivity contribution in [3.8, 4) is 6.07 Å². The normalized spacial score (nSPS) is 13.4. The van der Waals surface area contributed by atoms with Crippen LogP contribution in [0.5, 0.6) is 0 Å². The predicted octanol–water partition coefficient (Wildman–Crippen LogP) is 1.56. The summed E-state index contributed by atoms with van der Waals surface area (Å²) in [6, 6.07) is 6.21. The Labute approximate surface area is 116 Å². The second-order valence-corrected chi connectivity index (χ2v) is 4.28. The van der Waals surface area contributed by atoms with E-state index in [1.165, 1.54) is 18.2 Å². The first-order valence-corrected chi connectivity index (χ1v) is 6.08. The average Bonchev–Trinajstić information content (AvgIpc) is 2.37. The standard InChI is InChI=1S/C13H14ClNO4/c1-2-19-12(17)6-11(16)13(18)9-4-3-8(7-15)5-10(9)14/h3-5,11,13,16,18H,2,6H2,1H3. The summed E-state index contributed by atoms with van der Waals surface area (Å²) in [6.07, 6.45) is -2.96. The van der Waals surface area contributed by atoms with Gasteiger partial charge in [-0.05, 0) is 19.1 Å². The molecule has 1 aromatic carbocycles. The molecule has 6 heteroatoms. The van der Waals surface area contributed by atoms with E-state index >= 15 is 0 Å². The Morgan fingerprint density at radius 3 is 2.74 bits per heavy atom. The van der Waals surface area contributed by atoms with E-state index < -0.39 is 18.2 Å². The summed E-state index contributed by atoms with van der Waals surface area (Å²) in [5.74, 6) is -0.598. The molecule has 2 N–H and O–H groups in total. The van der Waals surface area contributed by atoms with Crippen LogP contribution in [0.25, 0.3) is 0 Å². The van der Waals surface area contributed by atoms with Crippen molar-refractivity contribution in [1.29, 1.82) is 5.26 Å². The number of hydrogen-bond donors (Lipinski definition) is 2. The molecule has 0 aliphatic carbocycles. The molecule has 0 saturated carbocycles. The summed E-state index contributed by atoms with van der Waals surface area (Å²) < 4.78 is 4.68. The van der Waals surface area contributed by atoms with Gasteiger partial charge in [-0.2, -0.15) is 5.26 Å². The number of nitriles is 1. The van der Waals surface area contributed by atoms with E-state index in [1.807, 2.05) is 6.07 Å². The number of nitrogens with zero attached hydrogens (tertiary/aromatic N) is 1. The molecular formula is C13H14ClNO4. The van der Waals surface area contributed by atoms with Gasteiger partial charge in [-0.1, -0.05) is 17.7 Å². The maximum Gasteiger partial charge on any atom is 0.308 e. The number of benzene rings is 1. The zero-order valence-electron chi connectivity index (χ0n) is 10.3. The Bertz CT molecular complexity index is 498. The molecule has 0 amide bonds. The first kappa shape index (κ1) is 15.4. The van der Waals surface area contributed by atoms with Crippen LogP contribution >= 0.6 is 11.6 Å². The highest BCUT2D eigenvalue weighted by Crippen LogP contribution is 2.27. The number of esters is 1. The van der Waals surface area contributed by atoms with Gasteiger partial charge < -0.3 is 14.9 Å². The van der Waals surface area contributed by atoms with Gasteiger partial charge in [0, 0.05) is 10.6 Å². The van der Waals surface area contributed by atoms with Gasteiger partial charge in [-0.25, -0.2) is 0 Å². The van der Waals surface area contributed by atoms with Gasteiger partial charge in [-0.15, -0.1) is 0 Å². The summed E-state index contributed by atoms with van der Waals surface area (Å²) in [6.45, 7) is 1.86. The lowest BCUT2D eigenvalue weighted by molar-refractivity contribution is -0.147. The molecule has 1 rings (SSSR count). The molecule has 0 aromatic heterocycles. The lowest BCUT2D eigenvalue weighted by atomic mass is 10.0. The Hall–Kier alpha value is -1.61. The molecule has 0 spiro atoms. The summed E-state index contributed by atoms with van der Waals surface area (Å²) in [4.78, 5) is 11.2. The zero-order chi connectivity index (χ0) is 14.4. The highest BCUT2D eigenvalue weighted by Gasteiger charge is 2.24. The minimum atomic E-state index is -1.32. The van der Waals surface area contributed by atoms with Crippen molar-refractivity contribution in [2.24, 2.45) is 0 Å². The summed E-state index contributed by atoms with van der Waals surface area (Å²) in [5, 5.41) is 28.5. The maximum atomic E-state index is 11.2. The second-order valence-electron chi connectivity index (χ2n) is 3.87. The molecular weight excluding hydrogens is 270 g/mol. The van der Waals surface area contributed by atoms with Gasteiger partial charge >= 0.3 is 5.97 Å². The third-order valence-corrected chi connectivity index (χ3v) is 2.82. The van der Waals surface area contributed by atoms with E-state index in [-0.39, 0.29) is 23.6 Å². The third-order valence-electron chi connectivity index (χ3n) is 2.49. The molecule has 0 aliphatic heterocycles. The molecule has 5 nitrogen and oxygen atoms in total. The van der Waals surface area contributed by atoms with Gasteiger partial charge in [0.1, 0.15) is 6.10 Å². The van der Waals surface area contributed by atoms with E-state index in [0.29, 0.717) is 5.56 Å². The Morgan fingerprint density at radius 1 is 1.53 bits per heavy atom. The number of carbonyl (C=O) groups is 1. The molecule has 1 aromatic rings. The van der Waals surface area contributed by atoms with E-state index in [0.717, 1.165) is 0 Å². The number of ether oxygens (including phenoxy) is 1. The van der Waals surface area contributed by atoms with Gasteiger partial charge in [0.25, 0.3) is 0 Å². The molecule has 102 valence electrons. The molecule has 2 atom stereocenters. The third kappa shape index (κ3) is 4.21. The first-order valence-electron chi connectivity index (χ1n) is 5.70. The molecule has 0 fully saturated rings. The summed E-state index contributed by atoms with van der Waals surface area (Å²) in [7, 11) is 0. The highest BCUT2D eigenvalue weighted by molar-refractivity contribution is 6.31. The SMILES string of the molecule is CCOC(=O)CC(O)C(O)c1ccc(C#N)cc1Cl. The Balaban J connectivity index is 2.79. The smallest absolute Gasteiger partial charge is 0.308 e. The topological polar surface area (TPSA) is 90.6 Å². The van der Waals surface area contributed by atoms with Crippen LogP contribution in [-0.4, -0.2) is 28.9 Å². The van der Waals surface area contributed by atoms with Gasteiger partial charge in [-0.3, -0.25) is 4.79 Å². The largest absolute Gasteiger partial charge is 0.466 e. The number of aliphatic hydroxyl groups excluding tert-OH is 2. The maximum absolute atomic E-state index is 11.2. The molecule has 0 radical (unpaired) electrons. The van der Waals surface area contributed by atoms with Crippen molar-refractivity contribution in [3.63, 3.8) is 0 Å².